The van der Waals surface area contributed by atoms with Crippen LogP contribution in [0.5, 0.6) is 5.88 Å². The molecule has 0 bridgehead atoms. The second kappa shape index (κ2) is 5.83. The average molecular weight is 348 g/mol. The van der Waals surface area contributed by atoms with Crippen LogP contribution in [0.25, 0.3) is 10.9 Å². The fourth-order valence-electron chi connectivity index (χ4n) is 4.08. The zero-order valence-corrected chi connectivity index (χ0v) is 14.6. The number of ether oxygens (including phenoxy) is 1. The molecule has 3 aromatic rings. The van der Waals surface area contributed by atoms with Crippen molar-refractivity contribution in [1.82, 2.24) is 15.2 Å². The van der Waals surface area contributed by atoms with Crippen LogP contribution in [0.4, 0.5) is 5.82 Å². The lowest BCUT2D eigenvalue weighted by molar-refractivity contribution is -0.116. The number of aromatic nitrogens is 3. The summed E-state index contributed by atoms with van der Waals surface area (Å²) in [5, 5.41) is 11.5. The molecule has 1 fully saturated rings. The first-order valence-electron chi connectivity index (χ1n) is 9.06. The van der Waals surface area contributed by atoms with Gasteiger partial charge in [0.2, 0.25) is 11.8 Å². The lowest BCUT2D eigenvalue weighted by Crippen LogP contribution is -2.25. The smallest absolute Gasteiger partial charge is 0.226 e. The zero-order valence-electron chi connectivity index (χ0n) is 14.6. The predicted octanol–water partition coefficient (Wildman–Crippen LogP) is 3.71. The molecule has 0 spiro atoms. The van der Waals surface area contributed by atoms with Crippen molar-refractivity contribution in [3.8, 4) is 5.88 Å². The molecular formula is C20H20N4O2. The van der Waals surface area contributed by atoms with Crippen molar-refractivity contribution in [2.75, 3.05) is 12.4 Å². The number of aromatic amines is 1. The highest BCUT2D eigenvalue weighted by atomic mass is 16.5. The third kappa shape index (κ3) is 2.29. The van der Waals surface area contributed by atoms with Gasteiger partial charge in [-0.25, -0.2) is 4.98 Å². The molecule has 5 rings (SSSR count). The fourth-order valence-corrected chi connectivity index (χ4v) is 4.08. The van der Waals surface area contributed by atoms with Crippen molar-refractivity contribution in [1.29, 1.82) is 0 Å². The minimum atomic E-state index is -0.0971. The van der Waals surface area contributed by atoms with Gasteiger partial charge in [-0.15, -0.1) is 0 Å². The van der Waals surface area contributed by atoms with E-state index in [-0.39, 0.29) is 11.8 Å². The van der Waals surface area contributed by atoms with E-state index in [9.17, 15) is 4.79 Å². The van der Waals surface area contributed by atoms with Gasteiger partial charge in [0.05, 0.1) is 12.6 Å². The van der Waals surface area contributed by atoms with Gasteiger partial charge in [0, 0.05) is 40.5 Å². The Bertz CT molecular complexity index is 1010. The maximum absolute atomic E-state index is 12.3. The second-order valence-electron chi connectivity index (χ2n) is 7.11. The van der Waals surface area contributed by atoms with Gasteiger partial charge in [-0.1, -0.05) is 24.6 Å². The van der Waals surface area contributed by atoms with Gasteiger partial charge in [0.25, 0.3) is 0 Å². The Morgan fingerprint density at radius 2 is 2.08 bits per heavy atom. The normalized spacial score (nSPS) is 19.7. The minimum Gasteiger partial charge on any atom is -0.481 e. The molecule has 0 saturated heterocycles. The molecule has 1 aliphatic carbocycles. The third-order valence-corrected chi connectivity index (χ3v) is 5.63. The maximum Gasteiger partial charge on any atom is 0.226 e. The lowest BCUT2D eigenvalue weighted by Gasteiger charge is -2.30. The summed E-state index contributed by atoms with van der Waals surface area (Å²) in [5.74, 6) is 1.62. The number of carbonyl (C=O) groups is 1. The highest BCUT2D eigenvalue weighted by Crippen LogP contribution is 2.47. The van der Waals surface area contributed by atoms with E-state index in [1.807, 2.05) is 24.3 Å². The molecular weight excluding hydrogens is 328 g/mol. The molecule has 132 valence electrons. The molecule has 1 aliphatic heterocycles. The number of hydrogen-bond acceptors (Lipinski definition) is 4. The van der Waals surface area contributed by atoms with Gasteiger partial charge >= 0.3 is 0 Å². The molecule has 3 heterocycles. The molecule has 26 heavy (non-hydrogen) atoms. The van der Waals surface area contributed by atoms with E-state index in [1.54, 1.807) is 7.11 Å². The summed E-state index contributed by atoms with van der Waals surface area (Å²) in [6.07, 6.45) is 3.96. The topological polar surface area (TPSA) is 79.9 Å². The quantitative estimate of drug-likeness (QED) is 0.756. The van der Waals surface area contributed by atoms with Gasteiger partial charge in [-0.2, -0.15) is 5.10 Å². The highest BCUT2D eigenvalue weighted by molar-refractivity contribution is 5.95. The van der Waals surface area contributed by atoms with Crippen molar-refractivity contribution in [3.63, 3.8) is 0 Å². The van der Waals surface area contributed by atoms with Crippen LogP contribution >= 0.6 is 0 Å². The van der Waals surface area contributed by atoms with Gasteiger partial charge < -0.3 is 10.1 Å². The van der Waals surface area contributed by atoms with E-state index in [4.69, 9.17) is 4.74 Å². The highest BCUT2D eigenvalue weighted by Gasteiger charge is 2.37. The van der Waals surface area contributed by atoms with Crippen molar-refractivity contribution in [2.45, 2.75) is 37.5 Å². The number of amides is 1. The molecule has 0 unspecified atom stereocenters. The molecule has 2 aromatic heterocycles. The first-order chi connectivity index (χ1) is 12.7. The van der Waals surface area contributed by atoms with Crippen LogP contribution in [0, 0.1) is 0 Å². The van der Waals surface area contributed by atoms with Crippen LogP contribution in [0.3, 0.4) is 0 Å². The standard InChI is InChI=1S/C20H20N4O2/c1-26-20-14(9-12-5-2-3-8-15(12)21-20)13-10-16(25)22-19-17(13)18(23-24-19)11-6-4-7-11/h2-3,5,8-9,11,13H,4,6-7,10H2,1H3,(H2,22,23,24,25)/t13-/m1/s1. The maximum atomic E-state index is 12.3. The Balaban J connectivity index is 1.70. The lowest BCUT2D eigenvalue weighted by atomic mass is 9.77. The number of para-hydroxylation sites is 1. The predicted molar refractivity (Wildman–Crippen MR) is 98.6 cm³/mol. The number of nitrogens with zero attached hydrogens (tertiary/aromatic N) is 2. The molecule has 2 aliphatic rings. The Hall–Kier alpha value is -2.89. The van der Waals surface area contributed by atoms with E-state index in [0.29, 0.717) is 24.0 Å². The van der Waals surface area contributed by atoms with Crippen LogP contribution in [-0.2, 0) is 4.79 Å². The molecule has 1 saturated carbocycles. The molecule has 2 N–H and O–H groups in total. The zero-order chi connectivity index (χ0) is 17.7. The molecule has 6 nitrogen and oxygen atoms in total. The number of methoxy groups -OCH3 is 1. The molecule has 1 atom stereocenters. The first kappa shape index (κ1) is 15.4. The van der Waals surface area contributed by atoms with Crippen LogP contribution in [0.15, 0.2) is 30.3 Å². The number of pyridine rings is 1. The minimum absolute atomic E-state index is 0.0237. The van der Waals surface area contributed by atoms with Crippen molar-refractivity contribution in [2.24, 2.45) is 0 Å². The number of rotatable bonds is 3. The van der Waals surface area contributed by atoms with Crippen LogP contribution in [0.1, 0.15) is 54.3 Å². The van der Waals surface area contributed by atoms with E-state index in [0.717, 1.165) is 27.7 Å². The van der Waals surface area contributed by atoms with E-state index >= 15 is 0 Å². The summed E-state index contributed by atoms with van der Waals surface area (Å²) in [6.45, 7) is 0. The van der Waals surface area contributed by atoms with Gasteiger partial charge in [0.1, 0.15) is 0 Å². The van der Waals surface area contributed by atoms with Crippen molar-refractivity contribution in [3.05, 3.63) is 47.2 Å². The van der Waals surface area contributed by atoms with Crippen LogP contribution in [0.2, 0.25) is 0 Å². The van der Waals surface area contributed by atoms with E-state index in [1.165, 1.54) is 19.3 Å². The number of nitrogens with one attached hydrogen (secondary N) is 2. The summed E-state index contributed by atoms with van der Waals surface area (Å²) in [6, 6.07) is 10.1. The van der Waals surface area contributed by atoms with Crippen molar-refractivity contribution < 1.29 is 9.53 Å². The van der Waals surface area contributed by atoms with Crippen LogP contribution in [-0.4, -0.2) is 28.2 Å². The van der Waals surface area contributed by atoms with E-state index < -0.39 is 0 Å². The second-order valence-corrected chi connectivity index (χ2v) is 7.11. The molecule has 0 radical (unpaired) electrons. The molecule has 1 amide bonds. The van der Waals surface area contributed by atoms with Gasteiger partial charge in [-0.3, -0.25) is 9.89 Å². The Kier molecular flexibility index (Phi) is 3.45. The number of H-pyrrole nitrogens is 1. The molecule has 6 heteroatoms. The first-order valence-corrected chi connectivity index (χ1v) is 9.06. The molecule has 1 aromatic carbocycles. The largest absolute Gasteiger partial charge is 0.481 e. The summed E-state index contributed by atoms with van der Waals surface area (Å²) in [5.41, 5.74) is 4.10. The Morgan fingerprint density at radius 3 is 2.85 bits per heavy atom. The third-order valence-electron chi connectivity index (χ3n) is 5.63. The fraction of sp³-hybridized carbons (Fsp3) is 0.350. The summed E-state index contributed by atoms with van der Waals surface area (Å²) < 4.78 is 5.60. The number of benzene rings is 1. The number of hydrogen-bond donors (Lipinski definition) is 2. The van der Waals surface area contributed by atoms with Crippen molar-refractivity contribution >= 4 is 22.6 Å². The average Bonchev–Trinajstić information content (AvgIpc) is 3.01. The summed E-state index contributed by atoms with van der Waals surface area (Å²) in [7, 11) is 1.63. The number of fused-ring (bicyclic) bond motifs is 2. The van der Waals surface area contributed by atoms with Gasteiger partial charge in [-0.05, 0) is 25.0 Å². The number of anilines is 1. The monoisotopic (exact) mass is 348 g/mol. The SMILES string of the molecule is COc1nc2ccccc2cc1[C@H]1CC(=O)Nc2n[nH]c(C3CCC3)c21. The Morgan fingerprint density at radius 1 is 1.23 bits per heavy atom. The summed E-state index contributed by atoms with van der Waals surface area (Å²) >= 11 is 0. The Labute approximate surface area is 151 Å². The summed E-state index contributed by atoms with van der Waals surface area (Å²) in [4.78, 5) is 17.0. The number of carbonyl (C=O) groups excluding carboxylic acids is 1. The van der Waals surface area contributed by atoms with Crippen LogP contribution < -0.4 is 10.1 Å². The van der Waals surface area contributed by atoms with E-state index in [2.05, 4.69) is 26.6 Å². The van der Waals surface area contributed by atoms with Gasteiger partial charge in [0.15, 0.2) is 5.82 Å².